The highest BCUT2D eigenvalue weighted by atomic mass is 32.1. The molecule has 0 bridgehead atoms. The van der Waals surface area contributed by atoms with Gasteiger partial charge in [-0.05, 0) is 85.7 Å². The third-order valence-corrected chi connectivity index (χ3v) is 6.97. The topological polar surface area (TPSA) is 100 Å². The lowest BCUT2D eigenvalue weighted by molar-refractivity contribution is 0.460. The van der Waals surface area contributed by atoms with Crippen molar-refractivity contribution in [2.24, 2.45) is 0 Å². The summed E-state index contributed by atoms with van der Waals surface area (Å²) in [4.78, 5) is 12.7. The molecule has 0 unspecified atom stereocenters. The van der Waals surface area contributed by atoms with E-state index in [2.05, 4.69) is 28.4 Å². The molecule has 1 fully saturated rings. The normalized spacial score (nSPS) is 14.2. The third-order valence-electron chi connectivity index (χ3n) is 6.16. The number of ether oxygens (including phenoxy) is 1. The van der Waals surface area contributed by atoms with Crippen LogP contribution in [0.5, 0.6) is 11.6 Å². The molecule has 2 aromatic heterocycles. The Kier molecular flexibility index (Phi) is 5.95. The molecule has 0 spiro atoms. The number of hydrogen-bond acceptors (Lipinski definition) is 8. The second-order valence-corrected chi connectivity index (χ2v) is 9.54. The van der Waals surface area contributed by atoms with Crippen LogP contribution in [0.25, 0.3) is 10.2 Å². The van der Waals surface area contributed by atoms with Gasteiger partial charge in [-0.3, -0.25) is 0 Å². The first kappa shape index (κ1) is 22.0. The Balaban J connectivity index is 1.34. The standard InChI is InChI=1S/C26H26N6OS/c1-16-13-18(15-27)14-17(2)23(16)33-24-22-9-12-34-25(22)31-26(30-24)29-20-7-10-32(11-8-20)21-5-3-19(28)4-6-21/h3-6,9,12-14,20H,7-8,10-11,28H2,1-2H3,(H,29,30,31). The van der Waals surface area contributed by atoms with E-state index < -0.39 is 0 Å². The van der Waals surface area contributed by atoms with Gasteiger partial charge in [-0.15, -0.1) is 11.3 Å². The zero-order valence-corrected chi connectivity index (χ0v) is 20.0. The molecule has 0 aliphatic carbocycles. The first-order valence-electron chi connectivity index (χ1n) is 11.3. The summed E-state index contributed by atoms with van der Waals surface area (Å²) >= 11 is 1.57. The minimum Gasteiger partial charge on any atom is -0.438 e. The van der Waals surface area contributed by atoms with Crippen molar-refractivity contribution in [1.82, 2.24) is 9.97 Å². The fourth-order valence-corrected chi connectivity index (χ4v) is 5.15. The van der Waals surface area contributed by atoms with E-state index >= 15 is 0 Å². The van der Waals surface area contributed by atoms with Crippen LogP contribution in [0.15, 0.2) is 47.8 Å². The summed E-state index contributed by atoms with van der Waals surface area (Å²) in [6.45, 7) is 5.80. The van der Waals surface area contributed by atoms with Gasteiger partial charge in [-0.2, -0.15) is 10.2 Å². The zero-order valence-electron chi connectivity index (χ0n) is 19.2. The molecule has 0 saturated carbocycles. The van der Waals surface area contributed by atoms with Crippen LogP contribution in [-0.4, -0.2) is 29.1 Å². The quantitative estimate of drug-likeness (QED) is 0.364. The Morgan fingerprint density at radius 2 is 1.79 bits per heavy atom. The molecule has 0 radical (unpaired) electrons. The van der Waals surface area contributed by atoms with Crippen molar-refractivity contribution in [3.05, 3.63) is 64.5 Å². The van der Waals surface area contributed by atoms with E-state index in [-0.39, 0.29) is 6.04 Å². The maximum Gasteiger partial charge on any atom is 0.232 e. The second-order valence-electron chi connectivity index (χ2n) is 8.64. The largest absolute Gasteiger partial charge is 0.438 e. The lowest BCUT2D eigenvalue weighted by atomic mass is 10.0. The monoisotopic (exact) mass is 470 g/mol. The lowest BCUT2D eigenvalue weighted by Crippen LogP contribution is -2.39. The molecular weight excluding hydrogens is 444 g/mol. The predicted octanol–water partition coefficient (Wildman–Crippen LogP) is 5.64. The maximum absolute atomic E-state index is 9.24. The summed E-state index contributed by atoms with van der Waals surface area (Å²) < 4.78 is 6.31. The van der Waals surface area contributed by atoms with Gasteiger partial charge in [0.15, 0.2) is 0 Å². The molecule has 2 aromatic carbocycles. The molecule has 1 saturated heterocycles. The first-order valence-corrected chi connectivity index (χ1v) is 12.2. The smallest absolute Gasteiger partial charge is 0.232 e. The van der Waals surface area contributed by atoms with E-state index in [1.807, 2.05) is 49.6 Å². The highest BCUT2D eigenvalue weighted by Gasteiger charge is 2.21. The molecule has 1 aliphatic heterocycles. The fourth-order valence-electron chi connectivity index (χ4n) is 4.39. The molecular formula is C26H26N6OS. The molecule has 0 atom stereocenters. The van der Waals surface area contributed by atoms with Gasteiger partial charge in [0.25, 0.3) is 0 Å². The van der Waals surface area contributed by atoms with Gasteiger partial charge in [-0.1, -0.05) is 0 Å². The molecule has 3 N–H and O–H groups in total. The molecule has 3 heterocycles. The van der Waals surface area contributed by atoms with Gasteiger partial charge in [0, 0.05) is 30.5 Å². The number of thiophene rings is 1. The molecule has 8 heteroatoms. The van der Waals surface area contributed by atoms with Gasteiger partial charge in [-0.25, -0.2) is 4.98 Å². The molecule has 1 aliphatic rings. The summed E-state index contributed by atoms with van der Waals surface area (Å²) in [5, 5.41) is 15.7. The van der Waals surface area contributed by atoms with E-state index in [1.165, 1.54) is 5.69 Å². The van der Waals surface area contributed by atoms with Crippen molar-refractivity contribution in [2.45, 2.75) is 32.7 Å². The number of aromatic nitrogens is 2. The van der Waals surface area contributed by atoms with Crippen LogP contribution in [0.2, 0.25) is 0 Å². The average Bonchev–Trinajstić information content (AvgIpc) is 3.31. The number of benzene rings is 2. The number of anilines is 3. The van der Waals surface area contributed by atoms with Crippen LogP contribution in [-0.2, 0) is 0 Å². The number of nitrogens with one attached hydrogen (secondary N) is 1. The zero-order chi connectivity index (χ0) is 23.7. The predicted molar refractivity (Wildman–Crippen MR) is 138 cm³/mol. The number of hydrogen-bond donors (Lipinski definition) is 2. The Morgan fingerprint density at radius 1 is 1.09 bits per heavy atom. The van der Waals surface area contributed by atoms with E-state index in [0.29, 0.717) is 17.4 Å². The van der Waals surface area contributed by atoms with Crippen molar-refractivity contribution in [3.63, 3.8) is 0 Å². The van der Waals surface area contributed by atoms with Gasteiger partial charge in [0.2, 0.25) is 11.8 Å². The van der Waals surface area contributed by atoms with Crippen LogP contribution >= 0.6 is 11.3 Å². The third kappa shape index (κ3) is 4.47. The second kappa shape index (κ2) is 9.20. The van der Waals surface area contributed by atoms with E-state index in [0.717, 1.165) is 58.7 Å². The molecule has 172 valence electrons. The molecule has 5 rings (SSSR count). The SMILES string of the molecule is Cc1cc(C#N)cc(C)c1Oc1nc(NC2CCN(c3ccc(N)cc3)CC2)nc2sccc12. The Morgan fingerprint density at radius 3 is 2.47 bits per heavy atom. The number of nitrogen functional groups attached to an aromatic ring is 1. The van der Waals surface area contributed by atoms with Crippen molar-refractivity contribution >= 4 is 38.9 Å². The highest BCUT2D eigenvalue weighted by Crippen LogP contribution is 2.35. The molecule has 7 nitrogen and oxygen atoms in total. The summed E-state index contributed by atoms with van der Waals surface area (Å²) in [5.41, 5.74) is 10.2. The molecule has 0 amide bonds. The van der Waals surface area contributed by atoms with Crippen LogP contribution in [0.4, 0.5) is 17.3 Å². The van der Waals surface area contributed by atoms with E-state index in [1.54, 1.807) is 11.3 Å². The van der Waals surface area contributed by atoms with Crippen molar-refractivity contribution in [3.8, 4) is 17.7 Å². The van der Waals surface area contributed by atoms with E-state index in [4.69, 9.17) is 20.4 Å². The summed E-state index contributed by atoms with van der Waals surface area (Å²) in [6, 6.07) is 16.2. The number of nitrogens with two attached hydrogens (primary N) is 1. The van der Waals surface area contributed by atoms with Crippen molar-refractivity contribution < 1.29 is 4.74 Å². The fraction of sp³-hybridized carbons (Fsp3) is 0.269. The minimum absolute atomic E-state index is 0.286. The number of nitriles is 1. The van der Waals surface area contributed by atoms with Gasteiger partial charge in [0.1, 0.15) is 10.6 Å². The van der Waals surface area contributed by atoms with Crippen molar-refractivity contribution in [2.75, 3.05) is 29.0 Å². The van der Waals surface area contributed by atoms with Gasteiger partial charge in [0.05, 0.1) is 17.0 Å². The highest BCUT2D eigenvalue weighted by molar-refractivity contribution is 7.16. The number of nitrogens with zero attached hydrogens (tertiary/aromatic N) is 4. The first-order chi connectivity index (χ1) is 16.5. The number of rotatable bonds is 5. The van der Waals surface area contributed by atoms with Crippen LogP contribution in [0, 0.1) is 25.2 Å². The Bertz CT molecular complexity index is 1340. The Hall–Kier alpha value is -3.83. The lowest BCUT2D eigenvalue weighted by Gasteiger charge is -2.34. The van der Waals surface area contributed by atoms with Crippen LogP contribution < -0.4 is 20.7 Å². The van der Waals surface area contributed by atoms with Crippen LogP contribution in [0.3, 0.4) is 0 Å². The summed E-state index contributed by atoms with van der Waals surface area (Å²) in [5.74, 6) is 1.84. The van der Waals surface area contributed by atoms with E-state index in [9.17, 15) is 5.26 Å². The number of piperidine rings is 1. The number of fused-ring (bicyclic) bond motifs is 1. The van der Waals surface area contributed by atoms with Crippen molar-refractivity contribution in [1.29, 1.82) is 5.26 Å². The molecule has 4 aromatic rings. The maximum atomic E-state index is 9.24. The molecule has 34 heavy (non-hydrogen) atoms. The summed E-state index contributed by atoms with van der Waals surface area (Å²) in [6.07, 6.45) is 1.97. The summed E-state index contributed by atoms with van der Waals surface area (Å²) in [7, 11) is 0. The van der Waals surface area contributed by atoms with Gasteiger partial charge < -0.3 is 20.7 Å². The Labute approximate surface area is 202 Å². The van der Waals surface area contributed by atoms with Gasteiger partial charge >= 0.3 is 0 Å². The number of aryl methyl sites for hydroxylation is 2. The minimum atomic E-state index is 0.286. The van der Waals surface area contributed by atoms with Crippen LogP contribution in [0.1, 0.15) is 29.5 Å². The average molecular weight is 471 g/mol.